The summed E-state index contributed by atoms with van der Waals surface area (Å²) in [6, 6.07) is 12.0. The van der Waals surface area contributed by atoms with Crippen molar-refractivity contribution in [3.8, 4) is 23.0 Å². The number of nitrogens with one attached hydrogen (secondary N) is 1. The number of fused-ring (bicyclic) bond motifs is 1. The van der Waals surface area contributed by atoms with Crippen molar-refractivity contribution in [1.82, 2.24) is 4.98 Å². The average Bonchev–Trinajstić information content (AvgIpc) is 3.12. The van der Waals surface area contributed by atoms with Crippen LogP contribution < -0.4 is 14.8 Å². The number of hydrogen-bond donors (Lipinski definition) is 1. The van der Waals surface area contributed by atoms with Crippen molar-refractivity contribution in [2.75, 3.05) is 18.5 Å². The summed E-state index contributed by atoms with van der Waals surface area (Å²) in [7, 11) is -3.95. The molecule has 7 nitrogen and oxygen atoms in total. The maximum absolute atomic E-state index is 13.4. The van der Waals surface area contributed by atoms with Crippen molar-refractivity contribution in [3.05, 3.63) is 48.0 Å². The molecule has 0 saturated heterocycles. The number of hydrogen-bond acceptors (Lipinski definition) is 7. The molecule has 1 N–H and O–H groups in total. The van der Waals surface area contributed by atoms with E-state index in [0.717, 1.165) is 5.56 Å². The molecule has 0 fully saturated rings. The summed E-state index contributed by atoms with van der Waals surface area (Å²) in [5.74, 6) is 1.28. The van der Waals surface area contributed by atoms with Crippen molar-refractivity contribution in [3.63, 3.8) is 0 Å². The fourth-order valence-corrected chi connectivity index (χ4v) is 4.24. The van der Waals surface area contributed by atoms with Crippen LogP contribution in [0.1, 0.15) is 19.4 Å². The highest BCUT2D eigenvalue weighted by Crippen LogP contribution is 2.37. The second kappa shape index (κ2) is 7.44. The van der Waals surface area contributed by atoms with Crippen LogP contribution >= 0.6 is 0 Å². The zero-order valence-corrected chi connectivity index (χ0v) is 17.2. The minimum absolute atomic E-state index is 0.0389. The van der Waals surface area contributed by atoms with Crippen molar-refractivity contribution in [2.45, 2.75) is 36.7 Å². The number of nitrogens with zero attached hydrogens (tertiary/aromatic N) is 1. The molecule has 2 heterocycles. The number of aromatic nitrogens is 1. The molecule has 4 rings (SSSR count). The molecule has 8 heteroatoms. The van der Waals surface area contributed by atoms with Gasteiger partial charge in [0.25, 0.3) is 0 Å². The van der Waals surface area contributed by atoms with Crippen LogP contribution in [0.3, 0.4) is 0 Å². The monoisotopic (exact) mass is 414 g/mol. The summed E-state index contributed by atoms with van der Waals surface area (Å²) < 4.78 is 43.5. The number of oxazole rings is 1. The van der Waals surface area contributed by atoms with E-state index in [0.29, 0.717) is 30.3 Å². The first-order valence-electron chi connectivity index (χ1n) is 9.34. The van der Waals surface area contributed by atoms with E-state index in [1.807, 2.05) is 45.0 Å². The Bertz CT molecular complexity index is 1130. The van der Waals surface area contributed by atoms with E-state index in [2.05, 4.69) is 10.3 Å². The van der Waals surface area contributed by atoms with Crippen molar-refractivity contribution < 1.29 is 22.3 Å². The molecule has 1 aliphatic rings. The number of aryl methyl sites for hydroxylation is 1. The molecule has 0 spiro atoms. The van der Waals surface area contributed by atoms with Gasteiger partial charge >= 0.3 is 0 Å². The van der Waals surface area contributed by atoms with Gasteiger partial charge in [-0.3, -0.25) is 0 Å². The van der Waals surface area contributed by atoms with Gasteiger partial charge in [-0.05, 0) is 45.0 Å². The van der Waals surface area contributed by atoms with Crippen molar-refractivity contribution in [1.29, 1.82) is 0 Å². The van der Waals surface area contributed by atoms with Gasteiger partial charge in [-0.25, -0.2) is 8.42 Å². The zero-order chi connectivity index (χ0) is 20.6. The standard InChI is InChI=1S/C21H22N2O5S/c1-13(2)22-20-21(23-19(28-20)15-6-4-14(3)5-7-15)29(24,25)16-8-9-17-18(12-16)27-11-10-26-17/h4-9,12-13,22H,10-11H2,1-3H3. The minimum atomic E-state index is -3.95. The van der Waals surface area contributed by atoms with E-state index < -0.39 is 9.84 Å². The van der Waals surface area contributed by atoms with Crippen LogP contribution in [0.4, 0.5) is 5.88 Å². The van der Waals surface area contributed by atoms with Crippen LogP contribution in [0.25, 0.3) is 11.5 Å². The third-order valence-electron chi connectivity index (χ3n) is 4.39. The van der Waals surface area contributed by atoms with Gasteiger partial charge in [0.15, 0.2) is 11.5 Å². The van der Waals surface area contributed by atoms with Gasteiger partial charge in [0.2, 0.25) is 26.6 Å². The highest BCUT2D eigenvalue weighted by Gasteiger charge is 2.30. The smallest absolute Gasteiger partial charge is 0.234 e. The second-order valence-electron chi connectivity index (χ2n) is 7.13. The molecular weight excluding hydrogens is 392 g/mol. The first kappa shape index (κ1) is 19.3. The Morgan fingerprint density at radius 3 is 2.38 bits per heavy atom. The molecule has 29 heavy (non-hydrogen) atoms. The Labute approximate surface area is 169 Å². The van der Waals surface area contributed by atoms with Gasteiger partial charge in [-0.2, -0.15) is 4.98 Å². The zero-order valence-electron chi connectivity index (χ0n) is 16.4. The van der Waals surface area contributed by atoms with Crippen LogP contribution in [-0.2, 0) is 9.84 Å². The Morgan fingerprint density at radius 2 is 1.69 bits per heavy atom. The molecule has 0 aliphatic carbocycles. The van der Waals surface area contributed by atoms with E-state index in [9.17, 15) is 8.42 Å². The van der Waals surface area contributed by atoms with E-state index in [-0.39, 0.29) is 27.7 Å². The molecule has 0 amide bonds. The molecule has 0 radical (unpaired) electrons. The summed E-state index contributed by atoms with van der Waals surface area (Å²) in [4.78, 5) is 4.40. The minimum Gasteiger partial charge on any atom is -0.486 e. The largest absolute Gasteiger partial charge is 0.486 e. The lowest BCUT2D eigenvalue weighted by Gasteiger charge is -2.18. The number of ether oxygens (including phenoxy) is 2. The molecule has 1 aromatic heterocycles. The topological polar surface area (TPSA) is 90.7 Å². The van der Waals surface area contributed by atoms with Gasteiger partial charge < -0.3 is 19.2 Å². The van der Waals surface area contributed by atoms with E-state index in [1.165, 1.54) is 12.1 Å². The van der Waals surface area contributed by atoms with E-state index in [4.69, 9.17) is 13.9 Å². The average molecular weight is 414 g/mol. The molecule has 0 unspecified atom stereocenters. The highest BCUT2D eigenvalue weighted by atomic mass is 32.2. The lowest BCUT2D eigenvalue weighted by Crippen LogP contribution is -2.16. The third-order valence-corrected chi connectivity index (χ3v) is 6.05. The third kappa shape index (κ3) is 3.80. The van der Waals surface area contributed by atoms with Crippen molar-refractivity contribution >= 4 is 15.7 Å². The number of benzene rings is 2. The van der Waals surface area contributed by atoms with Gasteiger partial charge in [0, 0.05) is 17.7 Å². The summed E-state index contributed by atoms with van der Waals surface area (Å²) in [5, 5.41) is 2.89. The Hall–Kier alpha value is -3.00. The Balaban J connectivity index is 1.80. The molecular formula is C21H22N2O5S. The summed E-state index contributed by atoms with van der Waals surface area (Å²) in [5.41, 5.74) is 1.79. The van der Waals surface area contributed by atoms with Crippen LogP contribution in [0.2, 0.25) is 0 Å². The highest BCUT2D eigenvalue weighted by molar-refractivity contribution is 7.91. The van der Waals surface area contributed by atoms with Gasteiger partial charge in [-0.15, -0.1) is 0 Å². The fourth-order valence-electron chi connectivity index (χ4n) is 2.96. The summed E-state index contributed by atoms with van der Waals surface area (Å²) >= 11 is 0. The van der Waals surface area contributed by atoms with Gasteiger partial charge in [0.05, 0.1) is 4.90 Å². The molecule has 0 saturated carbocycles. The molecule has 0 bridgehead atoms. The number of rotatable bonds is 5. The quantitative estimate of drug-likeness (QED) is 0.673. The lowest BCUT2D eigenvalue weighted by molar-refractivity contribution is 0.171. The van der Waals surface area contributed by atoms with Gasteiger partial charge in [0.1, 0.15) is 13.2 Å². The Kier molecular flexibility index (Phi) is 4.96. The SMILES string of the molecule is Cc1ccc(-c2nc(S(=O)(=O)c3ccc4c(c3)OCCO4)c(NC(C)C)o2)cc1. The van der Waals surface area contributed by atoms with E-state index in [1.54, 1.807) is 6.07 Å². The second-order valence-corrected chi connectivity index (χ2v) is 8.99. The van der Waals surface area contributed by atoms with Crippen molar-refractivity contribution in [2.24, 2.45) is 0 Å². The van der Waals surface area contributed by atoms with Crippen LogP contribution in [0.5, 0.6) is 11.5 Å². The normalized spacial score (nSPS) is 13.5. The van der Waals surface area contributed by atoms with E-state index >= 15 is 0 Å². The molecule has 2 aromatic carbocycles. The predicted octanol–water partition coefficient (Wildman–Crippen LogP) is 4.07. The first-order chi connectivity index (χ1) is 13.8. The van der Waals surface area contributed by atoms with Crippen LogP contribution in [-0.4, -0.2) is 32.7 Å². The maximum Gasteiger partial charge on any atom is 0.234 e. The van der Waals surface area contributed by atoms with Gasteiger partial charge in [-0.1, -0.05) is 17.7 Å². The summed E-state index contributed by atoms with van der Waals surface area (Å²) in [6.07, 6.45) is 0. The molecule has 152 valence electrons. The van der Waals surface area contributed by atoms with Crippen LogP contribution in [0.15, 0.2) is 56.8 Å². The first-order valence-corrected chi connectivity index (χ1v) is 10.8. The molecule has 1 aliphatic heterocycles. The number of anilines is 1. The Morgan fingerprint density at radius 1 is 1.00 bits per heavy atom. The predicted molar refractivity (Wildman–Crippen MR) is 108 cm³/mol. The molecule has 0 atom stereocenters. The van der Waals surface area contributed by atoms with Crippen LogP contribution in [0, 0.1) is 6.92 Å². The fraction of sp³-hybridized carbons (Fsp3) is 0.286. The molecule has 3 aromatic rings. The summed E-state index contributed by atoms with van der Waals surface area (Å²) in [6.45, 7) is 6.58. The number of sulfone groups is 1. The maximum atomic E-state index is 13.4. The lowest BCUT2D eigenvalue weighted by atomic mass is 10.1.